The van der Waals surface area contributed by atoms with Gasteiger partial charge >= 0.3 is 0 Å². The normalized spacial score (nSPS) is 37.0. The van der Waals surface area contributed by atoms with Crippen molar-refractivity contribution in [1.82, 2.24) is 0 Å². The molecular weight excluding hydrogens is 246 g/mol. The fourth-order valence-corrected chi connectivity index (χ4v) is 4.24. The standard InChI is InChI=1S/C18H23NO/c1-14-5-4-10-18(20,12-8-14)17(13-19)11-9-15-6-2-3-7-16(15)17/h2-3,6-7,14,20H,4-5,8-12H2,1H3. The van der Waals surface area contributed by atoms with Crippen molar-refractivity contribution in [2.45, 2.75) is 62.9 Å². The highest BCUT2D eigenvalue weighted by molar-refractivity contribution is 5.47. The molecule has 0 saturated heterocycles. The Kier molecular flexibility index (Phi) is 3.34. The molecule has 0 aromatic heterocycles. The summed E-state index contributed by atoms with van der Waals surface area (Å²) < 4.78 is 0. The minimum absolute atomic E-state index is 0.663. The van der Waals surface area contributed by atoms with Crippen LogP contribution < -0.4 is 0 Å². The molecule has 2 heteroatoms. The number of hydrogen-bond donors (Lipinski definition) is 1. The Morgan fingerprint density at radius 2 is 2.00 bits per heavy atom. The lowest BCUT2D eigenvalue weighted by Crippen LogP contribution is -2.49. The lowest BCUT2D eigenvalue weighted by Gasteiger charge is -2.41. The number of rotatable bonds is 1. The highest BCUT2D eigenvalue weighted by Gasteiger charge is 2.54. The molecule has 3 atom stereocenters. The van der Waals surface area contributed by atoms with Crippen LogP contribution in [0.2, 0.25) is 0 Å². The summed E-state index contributed by atoms with van der Waals surface area (Å²) in [4.78, 5) is 0. The van der Waals surface area contributed by atoms with Crippen molar-refractivity contribution >= 4 is 0 Å². The van der Waals surface area contributed by atoms with Gasteiger partial charge in [-0.3, -0.25) is 0 Å². The molecule has 0 amide bonds. The van der Waals surface area contributed by atoms with Crippen LogP contribution in [-0.4, -0.2) is 10.7 Å². The summed E-state index contributed by atoms with van der Waals surface area (Å²) >= 11 is 0. The molecule has 106 valence electrons. The van der Waals surface area contributed by atoms with Crippen LogP contribution in [-0.2, 0) is 11.8 Å². The zero-order valence-corrected chi connectivity index (χ0v) is 12.2. The van der Waals surface area contributed by atoms with Gasteiger partial charge in [-0.25, -0.2) is 0 Å². The molecule has 0 heterocycles. The molecule has 0 radical (unpaired) electrons. The van der Waals surface area contributed by atoms with Crippen LogP contribution in [0.15, 0.2) is 24.3 Å². The second-order valence-corrected chi connectivity index (χ2v) is 6.74. The number of nitrogens with zero attached hydrogens (tertiary/aromatic N) is 1. The molecule has 1 aromatic carbocycles. The second kappa shape index (κ2) is 4.90. The molecule has 2 aliphatic rings. The fourth-order valence-electron chi connectivity index (χ4n) is 4.24. The zero-order chi connectivity index (χ0) is 14.2. The Morgan fingerprint density at radius 3 is 2.80 bits per heavy atom. The maximum atomic E-state index is 11.3. The SMILES string of the molecule is CC1CCCC(O)(C2(C#N)CCc3ccccc32)CC1. The fraction of sp³-hybridized carbons (Fsp3) is 0.611. The Morgan fingerprint density at radius 1 is 1.20 bits per heavy atom. The molecule has 2 nitrogen and oxygen atoms in total. The van der Waals surface area contributed by atoms with E-state index in [0.29, 0.717) is 5.92 Å². The summed E-state index contributed by atoms with van der Waals surface area (Å²) in [5, 5.41) is 21.3. The highest BCUT2D eigenvalue weighted by Crippen LogP contribution is 2.51. The van der Waals surface area contributed by atoms with Crippen molar-refractivity contribution in [2.24, 2.45) is 5.92 Å². The quantitative estimate of drug-likeness (QED) is 0.790. The van der Waals surface area contributed by atoms with Crippen LogP contribution in [0.1, 0.15) is 56.6 Å². The Hall–Kier alpha value is -1.33. The average molecular weight is 269 g/mol. The van der Waals surface area contributed by atoms with Gasteiger partial charge in [-0.2, -0.15) is 5.26 Å². The van der Waals surface area contributed by atoms with Crippen LogP contribution in [0.5, 0.6) is 0 Å². The van der Waals surface area contributed by atoms with Gasteiger partial charge in [-0.05, 0) is 49.1 Å². The predicted octanol–water partition coefficient (Wildman–Crippen LogP) is 3.73. The van der Waals surface area contributed by atoms with Crippen molar-refractivity contribution in [3.8, 4) is 6.07 Å². The van der Waals surface area contributed by atoms with Gasteiger partial charge < -0.3 is 5.11 Å². The topological polar surface area (TPSA) is 44.0 Å². The Labute approximate surface area is 121 Å². The van der Waals surface area contributed by atoms with Gasteiger partial charge in [0.05, 0.1) is 11.7 Å². The number of fused-ring (bicyclic) bond motifs is 1. The van der Waals surface area contributed by atoms with Crippen LogP contribution in [0, 0.1) is 17.2 Å². The molecule has 20 heavy (non-hydrogen) atoms. The molecule has 3 rings (SSSR count). The second-order valence-electron chi connectivity index (χ2n) is 6.74. The maximum absolute atomic E-state index is 11.3. The van der Waals surface area contributed by atoms with Crippen molar-refractivity contribution in [1.29, 1.82) is 5.26 Å². The number of aryl methyl sites for hydroxylation is 1. The summed E-state index contributed by atoms with van der Waals surface area (Å²) in [5.41, 5.74) is 0.798. The number of benzene rings is 1. The molecule has 1 aromatic rings. The Bertz CT molecular complexity index is 547. The van der Waals surface area contributed by atoms with Crippen molar-refractivity contribution < 1.29 is 5.11 Å². The lowest BCUT2D eigenvalue weighted by molar-refractivity contribution is -0.0310. The minimum atomic E-state index is -0.848. The third-order valence-electron chi connectivity index (χ3n) is 5.57. The van der Waals surface area contributed by atoms with Crippen LogP contribution in [0.3, 0.4) is 0 Å². The predicted molar refractivity (Wildman–Crippen MR) is 79.3 cm³/mol. The molecule has 0 spiro atoms. The summed E-state index contributed by atoms with van der Waals surface area (Å²) in [6, 6.07) is 10.7. The van der Waals surface area contributed by atoms with Gasteiger partial charge in [0.1, 0.15) is 5.41 Å². The van der Waals surface area contributed by atoms with Crippen LogP contribution >= 0.6 is 0 Å². The first-order chi connectivity index (χ1) is 9.61. The molecule has 0 aliphatic heterocycles. The third kappa shape index (κ3) is 1.88. The number of aliphatic hydroxyl groups is 1. The van der Waals surface area contributed by atoms with E-state index in [4.69, 9.17) is 0 Å². The van der Waals surface area contributed by atoms with Crippen molar-refractivity contribution in [2.75, 3.05) is 0 Å². The monoisotopic (exact) mass is 269 g/mol. The summed E-state index contributed by atoms with van der Waals surface area (Å²) in [7, 11) is 0. The first kappa shape index (κ1) is 13.6. The first-order valence-corrected chi connectivity index (χ1v) is 7.83. The van der Waals surface area contributed by atoms with E-state index in [2.05, 4.69) is 25.1 Å². The van der Waals surface area contributed by atoms with E-state index >= 15 is 0 Å². The lowest BCUT2D eigenvalue weighted by atomic mass is 9.65. The zero-order valence-electron chi connectivity index (χ0n) is 12.2. The van der Waals surface area contributed by atoms with Gasteiger partial charge in [0, 0.05) is 0 Å². The van der Waals surface area contributed by atoms with E-state index in [-0.39, 0.29) is 0 Å². The molecule has 1 fully saturated rings. The largest absolute Gasteiger partial charge is 0.388 e. The maximum Gasteiger partial charge on any atom is 0.111 e. The van der Waals surface area contributed by atoms with Crippen LogP contribution in [0.25, 0.3) is 0 Å². The van der Waals surface area contributed by atoms with E-state index in [1.54, 1.807) is 0 Å². The number of nitriles is 1. The van der Waals surface area contributed by atoms with Gasteiger partial charge in [-0.1, -0.05) is 44.0 Å². The molecule has 2 aliphatic carbocycles. The van der Waals surface area contributed by atoms with E-state index in [0.717, 1.165) is 44.1 Å². The molecule has 3 unspecified atom stereocenters. The van der Waals surface area contributed by atoms with E-state index in [9.17, 15) is 10.4 Å². The third-order valence-corrected chi connectivity index (χ3v) is 5.57. The van der Waals surface area contributed by atoms with Crippen LogP contribution in [0.4, 0.5) is 0 Å². The van der Waals surface area contributed by atoms with Gasteiger partial charge in [0.2, 0.25) is 0 Å². The van der Waals surface area contributed by atoms with E-state index < -0.39 is 11.0 Å². The smallest absolute Gasteiger partial charge is 0.111 e. The molecular formula is C18H23NO. The Balaban J connectivity index is 2.04. The first-order valence-electron chi connectivity index (χ1n) is 7.83. The molecule has 1 saturated carbocycles. The average Bonchev–Trinajstić information content (AvgIpc) is 2.76. The van der Waals surface area contributed by atoms with Crippen molar-refractivity contribution in [3.05, 3.63) is 35.4 Å². The summed E-state index contributed by atoms with van der Waals surface area (Å²) in [5.74, 6) is 0.663. The van der Waals surface area contributed by atoms with E-state index in [1.165, 1.54) is 12.0 Å². The number of hydrogen-bond acceptors (Lipinski definition) is 2. The summed E-state index contributed by atoms with van der Waals surface area (Å²) in [6.45, 7) is 2.26. The highest BCUT2D eigenvalue weighted by atomic mass is 16.3. The van der Waals surface area contributed by atoms with Crippen molar-refractivity contribution in [3.63, 3.8) is 0 Å². The molecule has 1 N–H and O–H groups in total. The van der Waals surface area contributed by atoms with E-state index in [1.807, 2.05) is 12.1 Å². The molecule has 0 bridgehead atoms. The summed E-state index contributed by atoms with van der Waals surface area (Å²) in [6.07, 6.45) is 6.45. The minimum Gasteiger partial charge on any atom is -0.388 e. The van der Waals surface area contributed by atoms with Gasteiger partial charge in [0.15, 0.2) is 0 Å². The van der Waals surface area contributed by atoms with Gasteiger partial charge in [-0.15, -0.1) is 0 Å². The van der Waals surface area contributed by atoms with Gasteiger partial charge in [0.25, 0.3) is 0 Å².